The number of thiol groups is 1. The monoisotopic (exact) mass is 425 g/mol. The molecule has 7 heteroatoms. The van der Waals surface area contributed by atoms with Crippen LogP contribution < -0.4 is 10.1 Å². The van der Waals surface area contributed by atoms with Crippen LogP contribution in [0.4, 0.5) is 0 Å². The molecule has 4 fully saturated rings. The third-order valence-corrected chi connectivity index (χ3v) is 8.08. The fourth-order valence-corrected chi connectivity index (χ4v) is 7.13. The molecule has 4 aliphatic carbocycles. The molecule has 1 N–H and O–H groups in total. The van der Waals surface area contributed by atoms with Crippen molar-refractivity contribution in [1.29, 1.82) is 0 Å². The number of carbonyl (C=O) groups excluding carboxylic acids is 1. The van der Waals surface area contributed by atoms with Crippen LogP contribution in [0.5, 0.6) is 5.75 Å². The topological polar surface area (TPSA) is 72.5 Å². The predicted octanol–water partition coefficient (Wildman–Crippen LogP) is 3.42. The van der Waals surface area contributed by atoms with E-state index in [4.69, 9.17) is 16.3 Å². The lowest BCUT2D eigenvalue weighted by Gasteiger charge is -2.60. The Balaban J connectivity index is 1.44. The lowest BCUT2D eigenvalue weighted by molar-refractivity contribution is -0.140. The molecule has 0 aliphatic heterocycles. The second kappa shape index (κ2) is 7.21. The highest BCUT2D eigenvalue weighted by molar-refractivity contribution is 7.72. The Bertz CT molecular complexity index is 811. The summed E-state index contributed by atoms with van der Waals surface area (Å²) in [6, 6.07) is 7.11. The van der Waals surface area contributed by atoms with Gasteiger partial charge in [0, 0.05) is 11.1 Å². The molecule has 0 aromatic heterocycles. The van der Waals surface area contributed by atoms with Crippen LogP contribution in [0.1, 0.15) is 46.0 Å². The minimum Gasteiger partial charge on any atom is -0.478 e. The number of hydrogen-bond acceptors (Lipinski definition) is 4. The molecule has 5 rings (SSSR count). The lowest BCUT2D eigenvalue weighted by Crippen LogP contribution is -2.62. The third kappa shape index (κ3) is 3.90. The van der Waals surface area contributed by atoms with Crippen LogP contribution in [0.15, 0.2) is 24.3 Å². The van der Waals surface area contributed by atoms with Gasteiger partial charge in [-0.25, -0.2) is 8.42 Å². The summed E-state index contributed by atoms with van der Waals surface area (Å²) in [7, 11) is -2.36. The number of hydrogen-bond donors (Lipinski definition) is 2. The molecule has 154 valence electrons. The molecule has 28 heavy (non-hydrogen) atoms. The van der Waals surface area contributed by atoms with Gasteiger partial charge in [-0.2, -0.15) is 0 Å². The van der Waals surface area contributed by atoms with Gasteiger partial charge in [0.15, 0.2) is 5.60 Å². The van der Waals surface area contributed by atoms with Crippen LogP contribution in [0.2, 0.25) is 5.02 Å². The molecule has 0 spiro atoms. The van der Waals surface area contributed by atoms with Crippen molar-refractivity contribution in [1.82, 2.24) is 5.32 Å². The quantitative estimate of drug-likeness (QED) is 0.685. The minimum atomic E-state index is -2.36. The maximum absolute atomic E-state index is 13.0. The molecule has 0 radical (unpaired) electrons. The normalized spacial score (nSPS) is 33.9. The molecule has 0 saturated heterocycles. The summed E-state index contributed by atoms with van der Waals surface area (Å²) in [5, 5.41) is 3.89. The van der Waals surface area contributed by atoms with Gasteiger partial charge in [0.2, 0.25) is 0 Å². The summed E-state index contributed by atoms with van der Waals surface area (Å²) in [6.45, 7) is 3.55. The third-order valence-electron chi connectivity index (χ3n) is 6.90. The molecule has 1 amide bonds. The van der Waals surface area contributed by atoms with Crippen LogP contribution >= 0.6 is 11.6 Å². The Morgan fingerprint density at radius 1 is 1.18 bits per heavy atom. The minimum absolute atomic E-state index is 0.0533. The van der Waals surface area contributed by atoms with Gasteiger partial charge >= 0.3 is 0 Å². The van der Waals surface area contributed by atoms with Crippen LogP contribution in [0.25, 0.3) is 0 Å². The van der Waals surface area contributed by atoms with Gasteiger partial charge in [0.05, 0.1) is 5.75 Å². The SMILES string of the molecule is CC(C)(Oc1ccc(Cl)cc1)C(=O)NC1C2CC3CC1CC(C[SH](=O)=O)(C3)C2. The van der Waals surface area contributed by atoms with E-state index < -0.39 is 16.3 Å². The number of ether oxygens (including phenoxy) is 1. The Morgan fingerprint density at radius 2 is 1.79 bits per heavy atom. The molecule has 4 saturated carbocycles. The maximum Gasteiger partial charge on any atom is 0.263 e. The molecule has 4 bridgehead atoms. The van der Waals surface area contributed by atoms with Crippen molar-refractivity contribution in [2.45, 2.75) is 57.6 Å². The molecule has 1 aromatic carbocycles. The van der Waals surface area contributed by atoms with Crippen LogP contribution in [0, 0.1) is 23.2 Å². The number of nitrogens with one attached hydrogen (secondary N) is 1. The number of halogens is 1. The van der Waals surface area contributed by atoms with Crippen molar-refractivity contribution >= 4 is 28.2 Å². The second-order valence-electron chi connectivity index (χ2n) is 9.53. The van der Waals surface area contributed by atoms with Crippen molar-refractivity contribution in [3.63, 3.8) is 0 Å². The zero-order valence-electron chi connectivity index (χ0n) is 16.3. The first-order valence-corrected chi connectivity index (χ1v) is 11.8. The van der Waals surface area contributed by atoms with E-state index in [2.05, 4.69) is 5.32 Å². The first kappa shape index (κ1) is 20.0. The van der Waals surface area contributed by atoms with Crippen LogP contribution in [-0.2, 0) is 15.5 Å². The number of benzene rings is 1. The molecule has 5 nitrogen and oxygen atoms in total. The van der Waals surface area contributed by atoms with Crippen LogP contribution in [0.3, 0.4) is 0 Å². The maximum atomic E-state index is 13.0. The van der Waals surface area contributed by atoms with E-state index in [1.54, 1.807) is 38.1 Å². The van der Waals surface area contributed by atoms with Gasteiger partial charge in [0.1, 0.15) is 16.5 Å². The van der Waals surface area contributed by atoms with Crippen molar-refractivity contribution in [2.24, 2.45) is 23.2 Å². The highest BCUT2D eigenvalue weighted by Gasteiger charge is 2.56. The van der Waals surface area contributed by atoms with E-state index in [-0.39, 0.29) is 17.4 Å². The fraction of sp³-hybridized carbons (Fsp3) is 0.667. The summed E-state index contributed by atoms with van der Waals surface area (Å²) < 4.78 is 28.8. The fourth-order valence-electron chi connectivity index (χ4n) is 6.06. The molecular formula is C21H28ClNO4S. The summed E-state index contributed by atoms with van der Waals surface area (Å²) in [6.07, 6.45) is 5.04. The summed E-state index contributed by atoms with van der Waals surface area (Å²) in [4.78, 5) is 13.0. The zero-order valence-corrected chi connectivity index (χ0v) is 18.0. The lowest BCUT2D eigenvalue weighted by atomic mass is 9.48. The van der Waals surface area contributed by atoms with Gasteiger partial charge in [0.25, 0.3) is 5.91 Å². The Morgan fingerprint density at radius 3 is 2.36 bits per heavy atom. The van der Waals surface area contributed by atoms with E-state index >= 15 is 0 Å². The molecule has 4 aliphatic rings. The number of carbonyl (C=O) groups is 1. The standard InChI is InChI=1S/C21H28ClNO4S/c1-20(2,27-17-5-3-16(22)4-6-17)19(24)23-18-14-7-13-8-15(18)11-21(9-13,10-14)12-28(25)26/h3-6,13-15,18,28H,7-12H2,1-2H3,(H,23,24). The summed E-state index contributed by atoms with van der Waals surface area (Å²) >= 11 is 5.91. The molecule has 0 heterocycles. The first-order chi connectivity index (χ1) is 13.2. The molecule has 2 unspecified atom stereocenters. The number of rotatable bonds is 6. The van der Waals surface area contributed by atoms with Crippen molar-refractivity contribution in [3.8, 4) is 5.75 Å². The highest BCUT2D eigenvalue weighted by Crippen LogP contribution is 2.60. The van der Waals surface area contributed by atoms with E-state index in [9.17, 15) is 13.2 Å². The Labute approximate surface area is 173 Å². The van der Waals surface area contributed by atoms with Crippen molar-refractivity contribution in [2.75, 3.05) is 5.75 Å². The van der Waals surface area contributed by atoms with Gasteiger partial charge in [-0.3, -0.25) is 4.79 Å². The van der Waals surface area contributed by atoms with Gasteiger partial charge in [-0.1, -0.05) is 11.6 Å². The zero-order chi connectivity index (χ0) is 20.1. The highest BCUT2D eigenvalue weighted by atomic mass is 35.5. The smallest absolute Gasteiger partial charge is 0.263 e. The van der Waals surface area contributed by atoms with Crippen molar-refractivity contribution in [3.05, 3.63) is 29.3 Å². The van der Waals surface area contributed by atoms with Crippen LogP contribution in [-0.4, -0.2) is 31.7 Å². The molecule has 1 aromatic rings. The van der Waals surface area contributed by atoms with Crippen molar-refractivity contribution < 1.29 is 17.9 Å². The Hall–Kier alpha value is -1.27. The second-order valence-corrected chi connectivity index (χ2v) is 10.9. The largest absolute Gasteiger partial charge is 0.478 e. The Kier molecular flexibility index (Phi) is 5.15. The summed E-state index contributed by atoms with van der Waals surface area (Å²) in [5.41, 5.74) is -1.05. The molecular weight excluding hydrogens is 398 g/mol. The van der Waals surface area contributed by atoms with E-state index in [0.717, 1.165) is 32.1 Å². The molecule has 2 atom stereocenters. The van der Waals surface area contributed by atoms with Gasteiger partial charge < -0.3 is 10.1 Å². The van der Waals surface area contributed by atoms with Gasteiger partial charge in [-0.15, -0.1) is 0 Å². The van der Waals surface area contributed by atoms with Gasteiger partial charge in [-0.05, 0) is 93.4 Å². The predicted molar refractivity (Wildman–Crippen MR) is 109 cm³/mol. The average molecular weight is 426 g/mol. The van der Waals surface area contributed by atoms with E-state index in [1.165, 1.54) is 0 Å². The average Bonchev–Trinajstić information content (AvgIpc) is 2.58. The van der Waals surface area contributed by atoms with E-state index in [0.29, 0.717) is 34.3 Å². The first-order valence-electron chi connectivity index (χ1n) is 10.0. The van der Waals surface area contributed by atoms with E-state index in [1.807, 2.05) is 0 Å². The number of amides is 1. The summed E-state index contributed by atoms with van der Waals surface area (Å²) in [5.74, 6) is 2.14.